The Bertz CT molecular complexity index is 1100. The lowest BCUT2D eigenvalue weighted by Crippen LogP contribution is -2.25. The molecule has 3 aromatic heterocycles. The molecule has 4 N–H and O–H groups in total. The molecule has 3 aromatic rings. The number of carboxylic acids is 1. The summed E-state index contributed by atoms with van der Waals surface area (Å²) in [6.45, 7) is 0. The van der Waals surface area contributed by atoms with Crippen molar-refractivity contribution in [3.8, 4) is 22.5 Å². The van der Waals surface area contributed by atoms with Gasteiger partial charge in [-0.1, -0.05) is 0 Å². The van der Waals surface area contributed by atoms with Crippen molar-refractivity contribution in [2.45, 2.75) is 37.6 Å². The van der Waals surface area contributed by atoms with Crippen LogP contribution in [-0.4, -0.2) is 31.6 Å². The van der Waals surface area contributed by atoms with Crippen LogP contribution in [0.4, 0.5) is 4.39 Å². The second-order valence-electron chi connectivity index (χ2n) is 7.77. The zero-order valence-electron chi connectivity index (χ0n) is 15.1. The Labute approximate surface area is 160 Å². The van der Waals surface area contributed by atoms with E-state index in [0.29, 0.717) is 35.4 Å². The average molecular weight is 378 g/mol. The van der Waals surface area contributed by atoms with Gasteiger partial charge in [-0.15, -0.1) is 0 Å². The molecular weight excluding hydrogens is 359 g/mol. The van der Waals surface area contributed by atoms with E-state index < -0.39 is 11.9 Å². The number of halogens is 1. The van der Waals surface area contributed by atoms with Crippen LogP contribution in [0.25, 0.3) is 22.5 Å². The first-order valence-electron chi connectivity index (χ1n) is 9.31. The first-order valence-corrected chi connectivity index (χ1v) is 9.31. The number of aromatic carboxylic acids is 1. The van der Waals surface area contributed by atoms with Crippen molar-refractivity contribution in [1.29, 1.82) is 0 Å². The maximum atomic E-state index is 13.1. The predicted octanol–water partition coefficient (Wildman–Crippen LogP) is 3.11. The van der Waals surface area contributed by atoms with Crippen LogP contribution in [0.1, 0.15) is 40.0 Å². The Morgan fingerprint density at radius 3 is 2.75 bits per heavy atom. The van der Waals surface area contributed by atoms with E-state index in [0.717, 1.165) is 41.6 Å². The first-order chi connectivity index (χ1) is 13.4. The van der Waals surface area contributed by atoms with Gasteiger partial charge >= 0.3 is 5.97 Å². The number of nitrogens with one attached hydrogen (secondary N) is 1. The minimum atomic E-state index is -0.919. The van der Waals surface area contributed by atoms with E-state index in [4.69, 9.17) is 5.73 Å². The fraction of sp³-hybridized carbons (Fsp3) is 0.286. The van der Waals surface area contributed by atoms with Gasteiger partial charge in [0.25, 0.3) is 0 Å². The molecular formula is C21H19FN4O2. The average Bonchev–Trinajstić information content (AvgIpc) is 3.27. The molecule has 5 rings (SSSR count). The van der Waals surface area contributed by atoms with E-state index in [9.17, 15) is 14.3 Å². The molecule has 0 aliphatic heterocycles. The van der Waals surface area contributed by atoms with Crippen molar-refractivity contribution >= 4 is 5.97 Å². The molecule has 0 spiro atoms. The molecule has 0 saturated heterocycles. The van der Waals surface area contributed by atoms with Gasteiger partial charge in [0.1, 0.15) is 0 Å². The number of hydrogen-bond acceptors (Lipinski definition) is 4. The quantitative estimate of drug-likeness (QED) is 0.605. The van der Waals surface area contributed by atoms with Crippen LogP contribution in [0.5, 0.6) is 0 Å². The summed E-state index contributed by atoms with van der Waals surface area (Å²) in [5.41, 5.74) is 12.1. The molecule has 0 bridgehead atoms. The highest BCUT2D eigenvalue weighted by Gasteiger charge is 2.40. The molecule has 2 aliphatic carbocycles. The number of nitrogens with two attached hydrogens (primary N) is 1. The lowest BCUT2D eigenvalue weighted by Gasteiger charge is -2.17. The molecule has 0 radical (unpaired) electrons. The minimum absolute atomic E-state index is 0.288. The number of H-pyrrole nitrogens is 1. The summed E-state index contributed by atoms with van der Waals surface area (Å²) in [5.74, 6) is -1.46. The number of nitrogens with zero attached hydrogens (tertiary/aromatic N) is 2. The summed E-state index contributed by atoms with van der Waals surface area (Å²) < 4.78 is 13.1. The van der Waals surface area contributed by atoms with E-state index in [2.05, 4.69) is 15.0 Å². The highest BCUT2D eigenvalue weighted by molar-refractivity contribution is 5.94. The van der Waals surface area contributed by atoms with Gasteiger partial charge in [0.2, 0.25) is 5.95 Å². The number of aryl methyl sites for hydroxylation is 1. The Hall–Kier alpha value is -3.06. The molecule has 2 aliphatic rings. The lowest BCUT2D eigenvalue weighted by atomic mass is 9.88. The molecule has 28 heavy (non-hydrogen) atoms. The minimum Gasteiger partial charge on any atom is -0.478 e. The van der Waals surface area contributed by atoms with Crippen LogP contribution in [0.15, 0.2) is 30.6 Å². The normalized spacial score (nSPS) is 16.4. The standard InChI is InChI=1S/C21H19FN4O2/c22-17-4-2-12(10-25-17)15-7-14-11(9-24-15)1-3-13-18(20(27)28)16(26-19(13)14)8-21(23)5-6-21/h2,4,7,9-10,26H,1,3,5-6,8,23H2,(H,27,28). The van der Waals surface area contributed by atoms with E-state index in [1.807, 2.05) is 12.3 Å². The van der Waals surface area contributed by atoms with E-state index in [1.165, 1.54) is 12.3 Å². The maximum Gasteiger partial charge on any atom is 0.337 e. The summed E-state index contributed by atoms with van der Waals surface area (Å²) in [6, 6.07) is 4.85. The summed E-state index contributed by atoms with van der Waals surface area (Å²) in [5, 5.41) is 9.82. The fourth-order valence-electron chi connectivity index (χ4n) is 4.02. The molecule has 1 fully saturated rings. The van der Waals surface area contributed by atoms with Gasteiger partial charge in [-0.25, -0.2) is 9.78 Å². The van der Waals surface area contributed by atoms with Crippen LogP contribution < -0.4 is 5.73 Å². The third-order valence-corrected chi connectivity index (χ3v) is 5.74. The van der Waals surface area contributed by atoms with E-state index in [1.54, 1.807) is 6.07 Å². The molecule has 7 heteroatoms. The third-order valence-electron chi connectivity index (χ3n) is 5.74. The predicted molar refractivity (Wildman–Crippen MR) is 101 cm³/mol. The molecule has 0 aromatic carbocycles. The van der Waals surface area contributed by atoms with Crippen molar-refractivity contribution < 1.29 is 14.3 Å². The van der Waals surface area contributed by atoms with Crippen LogP contribution in [0.3, 0.4) is 0 Å². The van der Waals surface area contributed by atoms with Crippen LogP contribution in [-0.2, 0) is 19.3 Å². The summed E-state index contributed by atoms with van der Waals surface area (Å²) >= 11 is 0. The number of fused-ring (bicyclic) bond motifs is 3. The van der Waals surface area contributed by atoms with Crippen LogP contribution in [0.2, 0.25) is 0 Å². The van der Waals surface area contributed by atoms with Crippen molar-refractivity contribution in [3.05, 3.63) is 58.9 Å². The van der Waals surface area contributed by atoms with Gasteiger partial charge in [-0.3, -0.25) is 4.98 Å². The van der Waals surface area contributed by atoms with Crippen molar-refractivity contribution in [3.63, 3.8) is 0 Å². The number of carboxylic acid groups (broad SMARTS) is 1. The Morgan fingerprint density at radius 1 is 1.25 bits per heavy atom. The van der Waals surface area contributed by atoms with E-state index in [-0.39, 0.29) is 5.54 Å². The van der Waals surface area contributed by atoms with Gasteiger partial charge in [0.05, 0.1) is 17.0 Å². The molecule has 0 amide bonds. The van der Waals surface area contributed by atoms with Crippen LogP contribution in [0, 0.1) is 5.95 Å². The van der Waals surface area contributed by atoms with Gasteiger partial charge in [-0.2, -0.15) is 4.39 Å². The summed E-state index contributed by atoms with van der Waals surface area (Å²) in [6.07, 6.45) is 7.00. The van der Waals surface area contributed by atoms with Crippen molar-refractivity contribution in [2.24, 2.45) is 5.73 Å². The van der Waals surface area contributed by atoms with Gasteiger partial charge < -0.3 is 15.8 Å². The number of pyridine rings is 2. The number of aromatic amines is 1. The molecule has 6 nitrogen and oxygen atoms in total. The molecule has 3 heterocycles. The zero-order valence-corrected chi connectivity index (χ0v) is 15.1. The highest BCUT2D eigenvalue weighted by Crippen LogP contribution is 2.41. The van der Waals surface area contributed by atoms with Crippen molar-refractivity contribution in [2.75, 3.05) is 0 Å². The van der Waals surface area contributed by atoms with Crippen LogP contribution >= 0.6 is 0 Å². The first kappa shape index (κ1) is 17.1. The fourth-order valence-corrected chi connectivity index (χ4v) is 4.02. The third kappa shape index (κ3) is 2.79. The Morgan fingerprint density at radius 2 is 2.07 bits per heavy atom. The SMILES string of the molecule is NC1(Cc2[nH]c3c(c2C(=O)O)CCc2cnc(-c4ccc(F)nc4)cc2-3)CC1. The number of hydrogen-bond donors (Lipinski definition) is 3. The molecule has 142 valence electrons. The second-order valence-corrected chi connectivity index (χ2v) is 7.77. The molecule has 0 unspecified atom stereocenters. The molecule has 1 saturated carbocycles. The number of aromatic nitrogens is 3. The summed E-state index contributed by atoms with van der Waals surface area (Å²) in [7, 11) is 0. The molecule has 0 atom stereocenters. The van der Waals surface area contributed by atoms with Crippen molar-refractivity contribution in [1.82, 2.24) is 15.0 Å². The van der Waals surface area contributed by atoms with Gasteiger partial charge in [0.15, 0.2) is 0 Å². The highest BCUT2D eigenvalue weighted by atomic mass is 19.1. The lowest BCUT2D eigenvalue weighted by molar-refractivity contribution is 0.0694. The van der Waals surface area contributed by atoms with Gasteiger partial charge in [-0.05, 0) is 55.0 Å². The smallest absolute Gasteiger partial charge is 0.337 e. The number of rotatable bonds is 4. The van der Waals surface area contributed by atoms with E-state index >= 15 is 0 Å². The maximum absolute atomic E-state index is 13.1. The Kier molecular flexibility index (Phi) is 3.64. The monoisotopic (exact) mass is 378 g/mol. The topological polar surface area (TPSA) is 105 Å². The Balaban J connectivity index is 1.63. The zero-order chi connectivity index (χ0) is 19.5. The van der Waals surface area contributed by atoms with Gasteiger partial charge in [0, 0.05) is 41.2 Å². The summed E-state index contributed by atoms with van der Waals surface area (Å²) in [4.78, 5) is 23.5. The second kappa shape index (κ2) is 5.97. The largest absolute Gasteiger partial charge is 0.478 e. The number of carbonyl (C=O) groups is 1.